The number of aliphatic carboxylic acids is 2. The van der Waals surface area contributed by atoms with E-state index in [1.54, 1.807) is 0 Å². The molecule has 0 aliphatic heterocycles. The van der Waals surface area contributed by atoms with Crippen LogP contribution in [0.3, 0.4) is 0 Å². The van der Waals surface area contributed by atoms with Gasteiger partial charge in [-0.25, -0.2) is 0 Å². The third kappa shape index (κ3) is 34.2. The number of carbonyl (C=O) groups excluding carboxylic acids is 2. The average molecular weight is 719 g/mol. The van der Waals surface area contributed by atoms with Gasteiger partial charge in [0.05, 0.1) is 12.3 Å². The minimum absolute atomic E-state index is 0.0157. The summed E-state index contributed by atoms with van der Waals surface area (Å²) in [5.74, 6) is -4.71. The molecule has 296 valence electrons. The van der Waals surface area contributed by atoms with E-state index < -0.39 is 30.2 Å². The molecule has 0 fully saturated rings. The summed E-state index contributed by atoms with van der Waals surface area (Å²) in [6, 6.07) is 0. The summed E-state index contributed by atoms with van der Waals surface area (Å²) in [5.41, 5.74) is 0. The van der Waals surface area contributed by atoms with Crippen molar-refractivity contribution in [3.8, 4) is 0 Å². The molecule has 2 amide bonds. The van der Waals surface area contributed by atoms with E-state index in [9.17, 15) is 29.4 Å². The van der Waals surface area contributed by atoms with Crippen molar-refractivity contribution in [2.45, 2.75) is 200 Å². The molecule has 0 rings (SSSR count). The molecule has 0 saturated heterocycles. The summed E-state index contributed by atoms with van der Waals surface area (Å²) in [6.07, 6.45) is 40.0. The first-order valence-corrected chi connectivity index (χ1v) is 21.1. The highest BCUT2D eigenvalue weighted by molar-refractivity contribution is 5.79. The highest BCUT2D eigenvalue weighted by atomic mass is 16.4. The van der Waals surface area contributed by atoms with Crippen molar-refractivity contribution in [1.82, 2.24) is 10.6 Å². The van der Waals surface area contributed by atoms with E-state index in [-0.39, 0.29) is 24.9 Å². The van der Waals surface area contributed by atoms with Gasteiger partial charge in [0.1, 0.15) is 0 Å². The van der Waals surface area contributed by atoms with E-state index in [1.165, 1.54) is 89.9 Å². The van der Waals surface area contributed by atoms with E-state index in [1.807, 2.05) is 0 Å². The van der Waals surface area contributed by atoms with Gasteiger partial charge in [0.2, 0.25) is 11.8 Å². The molecule has 51 heavy (non-hydrogen) atoms. The van der Waals surface area contributed by atoms with Crippen LogP contribution in [0.2, 0.25) is 0 Å². The van der Waals surface area contributed by atoms with Gasteiger partial charge >= 0.3 is 11.9 Å². The Kier molecular flexibility index (Phi) is 35.2. The maximum atomic E-state index is 12.5. The molecule has 0 aromatic carbocycles. The van der Waals surface area contributed by atoms with Crippen molar-refractivity contribution >= 4 is 23.8 Å². The zero-order valence-corrected chi connectivity index (χ0v) is 32.9. The van der Waals surface area contributed by atoms with Crippen LogP contribution >= 0.6 is 0 Å². The highest BCUT2D eigenvalue weighted by Gasteiger charge is 2.31. The molecule has 8 nitrogen and oxygen atoms in total. The number of nitrogens with one attached hydrogen (secondary N) is 2. The van der Waals surface area contributed by atoms with Crippen LogP contribution in [0.4, 0.5) is 0 Å². The molecular formula is C43H78N2O6. The second-order valence-electron chi connectivity index (χ2n) is 14.6. The molecule has 0 heterocycles. The number of carbonyl (C=O) groups is 4. The average Bonchev–Trinajstić information content (AvgIpc) is 3.10. The number of carboxylic acid groups (broad SMARTS) is 2. The molecule has 0 saturated carbocycles. The highest BCUT2D eigenvalue weighted by Crippen LogP contribution is 2.17. The number of allylic oxidation sites excluding steroid dienone is 4. The fourth-order valence-electron chi connectivity index (χ4n) is 6.38. The molecular weight excluding hydrogens is 640 g/mol. The number of amides is 2. The van der Waals surface area contributed by atoms with Gasteiger partial charge in [-0.3, -0.25) is 19.2 Å². The summed E-state index contributed by atoms with van der Waals surface area (Å²) < 4.78 is 0. The minimum Gasteiger partial charge on any atom is -0.481 e. The van der Waals surface area contributed by atoms with Crippen LogP contribution < -0.4 is 10.6 Å². The van der Waals surface area contributed by atoms with Gasteiger partial charge in [0.25, 0.3) is 0 Å². The third-order valence-corrected chi connectivity index (χ3v) is 9.73. The van der Waals surface area contributed by atoms with Crippen molar-refractivity contribution in [1.29, 1.82) is 0 Å². The first kappa shape index (κ1) is 48.4. The predicted octanol–water partition coefficient (Wildman–Crippen LogP) is 11.1. The molecule has 0 aromatic rings. The Bertz CT molecular complexity index is 862. The van der Waals surface area contributed by atoms with Gasteiger partial charge < -0.3 is 20.8 Å². The molecule has 8 heteroatoms. The van der Waals surface area contributed by atoms with E-state index in [0.717, 1.165) is 77.0 Å². The van der Waals surface area contributed by atoms with E-state index in [2.05, 4.69) is 48.8 Å². The van der Waals surface area contributed by atoms with Gasteiger partial charge in [0, 0.05) is 31.8 Å². The zero-order chi connectivity index (χ0) is 37.6. The molecule has 0 aliphatic rings. The van der Waals surface area contributed by atoms with Gasteiger partial charge in [-0.05, 0) is 64.2 Å². The molecule has 0 spiro atoms. The Morgan fingerprint density at radius 3 is 1.10 bits per heavy atom. The Morgan fingerprint density at radius 2 is 0.784 bits per heavy atom. The van der Waals surface area contributed by atoms with Crippen molar-refractivity contribution in [2.24, 2.45) is 11.8 Å². The fraction of sp³-hybridized carbons (Fsp3) is 0.814. The molecule has 4 N–H and O–H groups in total. The lowest BCUT2D eigenvalue weighted by atomic mass is 9.89. The summed E-state index contributed by atoms with van der Waals surface area (Å²) >= 11 is 0. The third-order valence-electron chi connectivity index (χ3n) is 9.73. The Morgan fingerprint density at radius 1 is 0.471 bits per heavy atom. The fourth-order valence-corrected chi connectivity index (χ4v) is 6.38. The summed E-state index contributed by atoms with van der Waals surface area (Å²) in [7, 11) is 0. The SMILES string of the molecule is CCCCCCCC/C=C\CCCCCCCC(=O)NCC(CNC(=O)CCCCCCC/C=C\CCCCCCCC)C(CC(=O)O)C(=O)O. The first-order chi connectivity index (χ1) is 24.8. The van der Waals surface area contributed by atoms with Crippen LogP contribution in [0.25, 0.3) is 0 Å². The van der Waals surface area contributed by atoms with Crippen LogP contribution in [0, 0.1) is 11.8 Å². The topological polar surface area (TPSA) is 133 Å². The lowest BCUT2D eigenvalue weighted by Gasteiger charge is -2.24. The van der Waals surface area contributed by atoms with E-state index >= 15 is 0 Å². The van der Waals surface area contributed by atoms with Gasteiger partial charge in [-0.2, -0.15) is 0 Å². The molecule has 1 atom stereocenters. The van der Waals surface area contributed by atoms with Crippen LogP contribution in [-0.2, 0) is 19.2 Å². The molecule has 0 radical (unpaired) electrons. The van der Waals surface area contributed by atoms with Crippen molar-refractivity contribution in [3.63, 3.8) is 0 Å². The lowest BCUT2D eigenvalue weighted by Crippen LogP contribution is -2.43. The first-order valence-electron chi connectivity index (χ1n) is 21.1. The summed E-state index contributed by atoms with van der Waals surface area (Å²) in [4.78, 5) is 48.4. The van der Waals surface area contributed by atoms with Crippen LogP contribution in [-0.4, -0.2) is 47.1 Å². The summed E-state index contributed by atoms with van der Waals surface area (Å²) in [6.45, 7) is 4.52. The van der Waals surface area contributed by atoms with Gasteiger partial charge in [0.15, 0.2) is 0 Å². The number of rotatable bonds is 38. The predicted molar refractivity (Wildman–Crippen MR) is 212 cm³/mol. The second kappa shape index (κ2) is 37.1. The number of unbranched alkanes of at least 4 members (excludes halogenated alkanes) is 22. The monoisotopic (exact) mass is 719 g/mol. The maximum Gasteiger partial charge on any atom is 0.307 e. The normalized spacial score (nSPS) is 12.2. The smallest absolute Gasteiger partial charge is 0.307 e. The van der Waals surface area contributed by atoms with Gasteiger partial charge in [-0.15, -0.1) is 0 Å². The Labute approximate surface area is 312 Å². The lowest BCUT2D eigenvalue weighted by molar-refractivity contribution is -0.150. The van der Waals surface area contributed by atoms with Crippen molar-refractivity contribution in [2.75, 3.05) is 13.1 Å². The zero-order valence-electron chi connectivity index (χ0n) is 32.9. The summed E-state index contributed by atoms with van der Waals surface area (Å²) in [5, 5.41) is 24.6. The minimum atomic E-state index is -1.24. The number of hydrogen-bond acceptors (Lipinski definition) is 4. The van der Waals surface area contributed by atoms with Crippen molar-refractivity contribution < 1.29 is 29.4 Å². The Balaban J connectivity index is 4.20. The van der Waals surface area contributed by atoms with E-state index in [0.29, 0.717) is 12.8 Å². The maximum absolute atomic E-state index is 12.5. The van der Waals surface area contributed by atoms with Crippen LogP contribution in [0.5, 0.6) is 0 Å². The molecule has 0 aromatic heterocycles. The van der Waals surface area contributed by atoms with Crippen LogP contribution in [0.1, 0.15) is 200 Å². The van der Waals surface area contributed by atoms with Crippen molar-refractivity contribution in [3.05, 3.63) is 24.3 Å². The molecule has 0 aliphatic carbocycles. The number of hydrogen-bond donors (Lipinski definition) is 4. The quantitative estimate of drug-likeness (QED) is 0.0371. The molecule has 0 bridgehead atoms. The second-order valence-corrected chi connectivity index (χ2v) is 14.6. The van der Waals surface area contributed by atoms with Gasteiger partial charge in [-0.1, -0.05) is 141 Å². The number of carboxylic acids is 2. The Hall–Kier alpha value is -2.64. The largest absolute Gasteiger partial charge is 0.481 e. The van der Waals surface area contributed by atoms with Crippen LogP contribution in [0.15, 0.2) is 24.3 Å². The molecule has 1 unspecified atom stereocenters. The standard InChI is InChI=1S/C43H78N2O6/c1-3-5-7-9-11-13-15-17-19-21-23-25-27-29-31-33-40(46)44-36-38(39(43(50)51)35-42(48)49)37-45-41(47)34-32-30-28-26-24-22-20-18-16-14-12-10-8-6-4-2/h17-20,38-39H,3-16,21-37H2,1-2H3,(H,44,46)(H,45,47)(H,48,49)(H,50,51)/b19-17-,20-18-. The van der Waals surface area contributed by atoms with E-state index in [4.69, 9.17) is 0 Å².